The second-order valence-electron chi connectivity index (χ2n) is 5.71. The van der Waals surface area contributed by atoms with Crippen LogP contribution in [0.15, 0.2) is 0 Å². The summed E-state index contributed by atoms with van der Waals surface area (Å²) in [5.41, 5.74) is 0. The minimum Gasteiger partial charge on any atom is -0.358 e. The molecule has 0 aromatic carbocycles. The van der Waals surface area contributed by atoms with Crippen molar-refractivity contribution in [2.75, 3.05) is 7.05 Å². The zero-order chi connectivity index (χ0) is 14.0. The molecule has 2 unspecified atom stereocenters. The van der Waals surface area contributed by atoms with Crippen molar-refractivity contribution in [3.63, 3.8) is 0 Å². The Morgan fingerprint density at radius 1 is 1.11 bits per heavy atom. The van der Waals surface area contributed by atoms with Gasteiger partial charge >= 0.3 is 0 Å². The third kappa shape index (κ3) is 8.51. The lowest BCUT2D eigenvalue weighted by atomic mass is 10.0. The lowest BCUT2D eigenvalue weighted by Crippen LogP contribution is -2.47. The van der Waals surface area contributed by atoms with Gasteiger partial charge in [-0.15, -0.1) is 0 Å². The molecule has 0 fully saturated rings. The summed E-state index contributed by atoms with van der Waals surface area (Å²) in [6.07, 6.45) is 7.21. The van der Waals surface area contributed by atoms with E-state index in [1.807, 2.05) is 0 Å². The van der Waals surface area contributed by atoms with Gasteiger partial charge in [-0.05, 0) is 25.7 Å². The Balaban J connectivity index is 4.01. The highest BCUT2D eigenvalue weighted by Crippen LogP contribution is 2.09. The third-order valence-electron chi connectivity index (χ3n) is 3.25. The van der Waals surface area contributed by atoms with E-state index in [-0.39, 0.29) is 11.9 Å². The van der Waals surface area contributed by atoms with E-state index >= 15 is 0 Å². The average Bonchev–Trinajstić information content (AvgIpc) is 2.32. The molecule has 0 aliphatic heterocycles. The Labute approximate surface area is 113 Å². The minimum atomic E-state index is -0.0452. The van der Waals surface area contributed by atoms with E-state index in [1.165, 1.54) is 25.7 Å². The summed E-state index contributed by atoms with van der Waals surface area (Å²) in [5.74, 6) is 0.649. The molecule has 2 atom stereocenters. The van der Waals surface area contributed by atoms with E-state index in [2.05, 4.69) is 38.3 Å². The highest BCUT2D eigenvalue weighted by atomic mass is 16.2. The minimum absolute atomic E-state index is 0.0452. The van der Waals surface area contributed by atoms with Crippen molar-refractivity contribution >= 4 is 5.91 Å². The highest BCUT2D eigenvalue weighted by Gasteiger charge is 2.19. The van der Waals surface area contributed by atoms with Gasteiger partial charge in [-0.25, -0.2) is 0 Å². The third-order valence-corrected chi connectivity index (χ3v) is 3.25. The molecule has 3 heteroatoms. The van der Waals surface area contributed by atoms with Crippen LogP contribution >= 0.6 is 0 Å². The first kappa shape index (κ1) is 17.4. The first-order valence-corrected chi connectivity index (χ1v) is 7.48. The van der Waals surface area contributed by atoms with Crippen LogP contribution in [0.1, 0.15) is 66.2 Å². The quantitative estimate of drug-likeness (QED) is 0.590. The van der Waals surface area contributed by atoms with Gasteiger partial charge in [0, 0.05) is 13.1 Å². The molecule has 0 aromatic heterocycles. The molecule has 0 bridgehead atoms. The maximum atomic E-state index is 11.8. The van der Waals surface area contributed by atoms with Crippen molar-refractivity contribution in [2.24, 2.45) is 5.92 Å². The van der Waals surface area contributed by atoms with E-state index in [9.17, 15) is 4.79 Å². The Morgan fingerprint density at radius 3 is 2.28 bits per heavy atom. The molecule has 0 aromatic rings. The maximum Gasteiger partial charge on any atom is 0.236 e. The fourth-order valence-electron chi connectivity index (χ4n) is 2.20. The van der Waals surface area contributed by atoms with Crippen LogP contribution in [0.4, 0.5) is 0 Å². The van der Waals surface area contributed by atoms with Crippen LogP contribution in [0.2, 0.25) is 0 Å². The number of unbranched alkanes of at least 4 members (excludes halogenated alkanes) is 3. The van der Waals surface area contributed by atoms with E-state index in [0.29, 0.717) is 12.0 Å². The van der Waals surface area contributed by atoms with Gasteiger partial charge in [-0.1, -0.05) is 46.5 Å². The number of nitrogens with one attached hydrogen (secondary N) is 2. The molecule has 0 radical (unpaired) electrons. The lowest BCUT2D eigenvalue weighted by molar-refractivity contribution is -0.123. The Bertz CT molecular complexity index is 217. The van der Waals surface area contributed by atoms with Gasteiger partial charge in [0.1, 0.15) is 0 Å². The van der Waals surface area contributed by atoms with Crippen LogP contribution < -0.4 is 10.6 Å². The number of carbonyl (C=O) groups excluding carboxylic acids is 1. The number of hydrogen-bond donors (Lipinski definition) is 2. The predicted molar refractivity (Wildman–Crippen MR) is 78.7 cm³/mol. The standard InChI is InChI=1S/C15H32N2O/c1-6-7-8-9-10-13(4)17-14(11-12(2)3)15(18)16-5/h12-14,17H,6-11H2,1-5H3,(H,16,18). The van der Waals surface area contributed by atoms with Gasteiger partial charge in [-0.3, -0.25) is 4.79 Å². The molecule has 108 valence electrons. The topological polar surface area (TPSA) is 41.1 Å². The van der Waals surface area contributed by atoms with Gasteiger partial charge in [0.15, 0.2) is 0 Å². The summed E-state index contributed by atoms with van der Waals surface area (Å²) in [4.78, 5) is 11.8. The zero-order valence-corrected chi connectivity index (χ0v) is 12.9. The van der Waals surface area contributed by atoms with Crippen LogP contribution in [0.3, 0.4) is 0 Å². The van der Waals surface area contributed by atoms with Crippen LogP contribution in [-0.4, -0.2) is 25.0 Å². The number of carbonyl (C=O) groups is 1. The fourth-order valence-corrected chi connectivity index (χ4v) is 2.20. The van der Waals surface area contributed by atoms with Crippen LogP contribution in [-0.2, 0) is 4.79 Å². The smallest absolute Gasteiger partial charge is 0.236 e. The molecule has 0 saturated carbocycles. The average molecular weight is 256 g/mol. The monoisotopic (exact) mass is 256 g/mol. The van der Waals surface area contributed by atoms with E-state index in [1.54, 1.807) is 7.05 Å². The SMILES string of the molecule is CCCCCCC(C)NC(CC(C)C)C(=O)NC. The first-order valence-electron chi connectivity index (χ1n) is 7.48. The van der Waals surface area contributed by atoms with Crippen molar-refractivity contribution in [1.29, 1.82) is 0 Å². The fraction of sp³-hybridized carbons (Fsp3) is 0.933. The Hall–Kier alpha value is -0.570. The second kappa shape index (κ2) is 10.4. The number of rotatable bonds is 10. The summed E-state index contributed by atoms with van der Waals surface area (Å²) in [7, 11) is 1.71. The first-order chi connectivity index (χ1) is 8.51. The van der Waals surface area contributed by atoms with Gasteiger partial charge in [-0.2, -0.15) is 0 Å². The zero-order valence-electron chi connectivity index (χ0n) is 12.9. The van der Waals surface area contributed by atoms with Crippen LogP contribution in [0.5, 0.6) is 0 Å². The second-order valence-corrected chi connectivity index (χ2v) is 5.71. The van der Waals surface area contributed by atoms with E-state index in [0.717, 1.165) is 12.8 Å². The molecule has 2 N–H and O–H groups in total. The number of hydrogen-bond acceptors (Lipinski definition) is 2. The molecule has 18 heavy (non-hydrogen) atoms. The van der Waals surface area contributed by atoms with Crippen LogP contribution in [0, 0.1) is 5.92 Å². The summed E-state index contributed by atoms with van der Waals surface area (Å²) < 4.78 is 0. The molecule has 3 nitrogen and oxygen atoms in total. The normalized spacial score (nSPS) is 14.6. The molecular formula is C15H32N2O. The van der Waals surface area contributed by atoms with Gasteiger partial charge < -0.3 is 10.6 Å². The van der Waals surface area contributed by atoms with Crippen LogP contribution in [0.25, 0.3) is 0 Å². The van der Waals surface area contributed by atoms with Crippen molar-refractivity contribution in [3.05, 3.63) is 0 Å². The summed E-state index contributed by atoms with van der Waals surface area (Å²) in [5, 5.41) is 6.21. The van der Waals surface area contributed by atoms with Crippen molar-refractivity contribution in [2.45, 2.75) is 78.3 Å². The molecular weight excluding hydrogens is 224 g/mol. The summed E-state index contributed by atoms with van der Waals surface area (Å²) >= 11 is 0. The van der Waals surface area contributed by atoms with Crippen molar-refractivity contribution in [3.8, 4) is 0 Å². The Kier molecular flexibility index (Phi) is 10.0. The molecule has 0 aliphatic rings. The molecule has 1 amide bonds. The lowest BCUT2D eigenvalue weighted by Gasteiger charge is -2.23. The van der Waals surface area contributed by atoms with Crippen molar-refractivity contribution in [1.82, 2.24) is 10.6 Å². The molecule has 0 heterocycles. The molecule has 0 saturated heterocycles. The summed E-state index contributed by atoms with van der Waals surface area (Å²) in [6.45, 7) is 8.72. The van der Waals surface area contributed by atoms with Gasteiger partial charge in [0.2, 0.25) is 5.91 Å². The molecule has 0 aliphatic carbocycles. The summed E-state index contributed by atoms with van der Waals surface area (Å²) in [6, 6.07) is 0.374. The predicted octanol–water partition coefficient (Wildman–Crippen LogP) is 3.10. The maximum absolute atomic E-state index is 11.8. The largest absolute Gasteiger partial charge is 0.358 e. The van der Waals surface area contributed by atoms with Crippen molar-refractivity contribution < 1.29 is 4.79 Å². The Morgan fingerprint density at radius 2 is 1.78 bits per heavy atom. The van der Waals surface area contributed by atoms with Gasteiger partial charge in [0.25, 0.3) is 0 Å². The van der Waals surface area contributed by atoms with E-state index < -0.39 is 0 Å². The molecule has 0 rings (SSSR count). The highest BCUT2D eigenvalue weighted by molar-refractivity contribution is 5.81. The molecule has 0 spiro atoms. The number of likely N-dealkylation sites (N-methyl/N-ethyl adjacent to an activating group) is 1. The van der Waals surface area contributed by atoms with Gasteiger partial charge in [0.05, 0.1) is 6.04 Å². The number of amides is 1. The van der Waals surface area contributed by atoms with E-state index in [4.69, 9.17) is 0 Å².